The minimum absolute atomic E-state index is 0.0541. The Kier molecular flexibility index (Phi) is 6.92. The van der Waals surface area contributed by atoms with Crippen molar-refractivity contribution in [3.8, 4) is 5.75 Å². The fraction of sp³-hybridized carbons (Fsp3) is 0.481. The summed E-state index contributed by atoms with van der Waals surface area (Å²) < 4.78 is 63.4. The number of hydrogen-bond donors (Lipinski definition) is 0. The molecule has 32 heavy (non-hydrogen) atoms. The van der Waals surface area contributed by atoms with E-state index in [4.69, 9.17) is 4.74 Å². The molecule has 0 amide bonds. The third-order valence-corrected chi connectivity index (χ3v) is 7.59. The predicted molar refractivity (Wildman–Crippen MR) is 118 cm³/mol. The van der Waals surface area contributed by atoms with Gasteiger partial charge in [0.25, 0.3) is 0 Å². The molecule has 0 saturated heterocycles. The average molecular weight is 447 g/mol. The Morgan fingerprint density at radius 1 is 0.656 bits per heavy atom. The van der Waals surface area contributed by atoms with Crippen LogP contribution in [0.1, 0.15) is 85.8 Å². The highest BCUT2D eigenvalue weighted by molar-refractivity contribution is 5.35. The van der Waals surface area contributed by atoms with Crippen LogP contribution in [-0.4, -0.2) is 7.11 Å². The van der Waals surface area contributed by atoms with E-state index < -0.39 is 23.3 Å². The van der Waals surface area contributed by atoms with Gasteiger partial charge in [-0.3, -0.25) is 0 Å². The van der Waals surface area contributed by atoms with E-state index in [2.05, 4.69) is 6.58 Å². The lowest BCUT2D eigenvalue weighted by atomic mass is 9.74. The van der Waals surface area contributed by atoms with Crippen LogP contribution in [0.4, 0.5) is 17.6 Å². The number of benzene rings is 2. The molecule has 0 bridgehead atoms. The van der Waals surface area contributed by atoms with Crippen molar-refractivity contribution in [1.82, 2.24) is 0 Å². The monoisotopic (exact) mass is 446 g/mol. The van der Waals surface area contributed by atoms with Gasteiger partial charge < -0.3 is 4.74 Å². The highest BCUT2D eigenvalue weighted by atomic mass is 19.2. The largest absolute Gasteiger partial charge is 0.494 e. The minimum atomic E-state index is -0.974. The smallest absolute Gasteiger partial charge is 0.200 e. The Hall–Kier alpha value is -2.30. The molecule has 172 valence electrons. The van der Waals surface area contributed by atoms with Crippen molar-refractivity contribution in [1.29, 1.82) is 0 Å². The molecule has 2 aliphatic carbocycles. The third kappa shape index (κ3) is 4.31. The van der Waals surface area contributed by atoms with Crippen molar-refractivity contribution in [3.05, 3.63) is 76.9 Å². The Morgan fingerprint density at radius 2 is 1.03 bits per heavy atom. The van der Waals surface area contributed by atoms with Crippen LogP contribution < -0.4 is 4.74 Å². The Morgan fingerprint density at radius 3 is 1.44 bits per heavy atom. The molecule has 2 aliphatic rings. The molecule has 2 aromatic carbocycles. The summed E-state index contributed by atoms with van der Waals surface area (Å²) in [6.45, 7) is 3.84. The second-order valence-electron chi connectivity index (χ2n) is 9.25. The highest BCUT2D eigenvalue weighted by Crippen LogP contribution is 2.44. The maximum absolute atomic E-state index is 15.1. The summed E-state index contributed by atoms with van der Waals surface area (Å²) in [5.41, 5.74) is 1.22. The Bertz CT molecular complexity index is 970. The molecule has 0 atom stereocenters. The lowest BCUT2D eigenvalue weighted by molar-refractivity contribution is 0.349. The summed E-state index contributed by atoms with van der Waals surface area (Å²) in [6.07, 6.45) is 7.99. The first-order valence-electron chi connectivity index (χ1n) is 11.6. The fourth-order valence-electron chi connectivity index (χ4n) is 5.61. The van der Waals surface area contributed by atoms with Gasteiger partial charge in [0.2, 0.25) is 5.82 Å². The van der Waals surface area contributed by atoms with Crippen LogP contribution >= 0.6 is 0 Å². The number of halogens is 4. The molecule has 2 aromatic rings. The number of allylic oxidation sites excluding steroid dienone is 1. The van der Waals surface area contributed by atoms with Gasteiger partial charge in [-0.1, -0.05) is 24.3 Å². The van der Waals surface area contributed by atoms with Gasteiger partial charge in [-0.2, -0.15) is 4.39 Å². The lowest BCUT2D eigenvalue weighted by Gasteiger charge is -2.31. The van der Waals surface area contributed by atoms with E-state index >= 15 is 4.39 Å². The number of ether oxygens (including phenoxy) is 1. The summed E-state index contributed by atoms with van der Waals surface area (Å²) in [4.78, 5) is 0. The van der Waals surface area contributed by atoms with Crippen LogP contribution in [0.2, 0.25) is 0 Å². The standard InChI is InChI=1S/C27H30F4O/c1-3-16-4-6-17(7-5-16)20-12-13-21(25(29)24(20)28)18-8-10-19(11-9-18)22-14-15-23(32-2)27(31)26(22)30/h3,12-19H,1,4-11H2,2H3. The molecule has 0 unspecified atom stereocenters. The quantitative estimate of drug-likeness (QED) is 0.333. The van der Waals surface area contributed by atoms with Gasteiger partial charge in [0, 0.05) is 0 Å². The summed E-state index contributed by atoms with van der Waals surface area (Å²) >= 11 is 0. The summed E-state index contributed by atoms with van der Waals surface area (Å²) in [5.74, 6) is -3.14. The van der Waals surface area contributed by atoms with Crippen molar-refractivity contribution in [2.45, 2.75) is 69.1 Å². The van der Waals surface area contributed by atoms with Crippen LogP contribution in [0.25, 0.3) is 0 Å². The molecule has 4 rings (SSSR count). The van der Waals surface area contributed by atoms with Gasteiger partial charge >= 0.3 is 0 Å². The molecule has 2 saturated carbocycles. The van der Waals surface area contributed by atoms with Gasteiger partial charge in [0.1, 0.15) is 0 Å². The second kappa shape index (κ2) is 9.68. The number of rotatable bonds is 5. The van der Waals surface area contributed by atoms with E-state index in [9.17, 15) is 13.2 Å². The maximum Gasteiger partial charge on any atom is 0.200 e. The van der Waals surface area contributed by atoms with Crippen molar-refractivity contribution in [2.24, 2.45) is 5.92 Å². The zero-order chi connectivity index (χ0) is 22.8. The molecule has 0 radical (unpaired) electrons. The van der Waals surface area contributed by atoms with Crippen molar-refractivity contribution >= 4 is 0 Å². The second-order valence-corrected chi connectivity index (χ2v) is 9.25. The third-order valence-electron chi connectivity index (χ3n) is 7.59. The van der Waals surface area contributed by atoms with E-state index in [1.807, 2.05) is 6.08 Å². The average Bonchev–Trinajstić information content (AvgIpc) is 2.83. The first-order valence-corrected chi connectivity index (χ1v) is 11.6. The molecular weight excluding hydrogens is 416 g/mol. The van der Waals surface area contributed by atoms with E-state index in [1.165, 1.54) is 13.2 Å². The van der Waals surface area contributed by atoms with Crippen LogP contribution in [0.3, 0.4) is 0 Å². The minimum Gasteiger partial charge on any atom is -0.494 e. The van der Waals surface area contributed by atoms with Gasteiger partial charge in [0.05, 0.1) is 7.11 Å². The Balaban J connectivity index is 1.45. The van der Waals surface area contributed by atoms with Gasteiger partial charge in [-0.15, -0.1) is 6.58 Å². The molecule has 2 fully saturated rings. The topological polar surface area (TPSA) is 9.23 Å². The zero-order valence-electron chi connectivity index (χ0n) is 18.5. The van der Waals surface area contributed by atoms with Gasteiger partial charge in [0.15, 0.2) is 23.2 Å². The molecule has 0 spiro atoms. The normalized spacial score (nSPS) is 26.0. The number of methoxy groups -OCH3 is 1. The van der Waals surface area contributed by atoms with E-state index in [0.717, 1.165) is 25.7 Å². The van der Waals surface area contributed by atoms with Crippen molar-refractivity contribution in [3.63, 3.8) is 0 Å². The summed E-state index contributed by atoms with van der Waals surface area (Å²) in [7, 11) is 1.30. The lowest BCUT2D eigenvalue weighted by Crippen LogP contribution is -2.17. The SMILES string of the molecule is C=CC1CCC(c2ccc(C3CCC(c4ccc(OC)c(F)c4F)CC3)c(F)c2F)CC1. The molecule has 0 aromatic heterocycles. The molecule has 0 N–H and O–H groups in total. The first-order chi connectivity index (χ1) is 15.4. The van der Waals surface area contributed by atoms with Crippen molar-refractivity contribution < 1.29 is 22.3 Å². The zero-order valence-corrected chi connectivity index (χ0v) is 18.5. The first kappa shape index (κ1) is 22.9. The van der Waals surface area contributed by atoms with E-state index in [1.54, 1.807) is 18.2 Å². The van der Waals surface area contributed by atoms with Gasteiger partial charge in [-0.05, 0) is 97.8 Å². The van der Waals surface area contributed by atoms with Crippen LogP contribution in [0.5, 0.6) is 5.75 Å². The van der Waals surface area contributed by atoms with Crippen molar-refractivity contribution in [2.75, 3.05) is 7.11 Å². The predicted octanol–water partition coefficient (Wildman–Crippen LogP) is 8.15. The van der Waals surface area contributed by atoms with E-state index in [0.29, 0.717) is 48.3 Å². The molecule has 0 aliphatic heterocycles. The maximum atomic E-state index is 15.1. The summed E-state index contributed by atoms with van der Waals surface area (Å²) in [5, 5.41) is 0. The van der Waals surface area contributed by atoms with Crippen LogP contribution in [0, 0.1) is 29.2 Å². The molecule has 0 heterocycles. The Labute approximate surface area is 187 Å². The molecule has 1 nitrogen and oxygen atoms in total. The van der Waals surface area contributed by atoms with Gasteiger partial charge in [-0.25, -0.2) is 13.2 Å². The molecule has 5 heteroatoms. The van der Waals surface area contributed by atoms with Crippen LogP contribution in [0.15, 0.2) is 36.9 Å². The highest BCUT2D eigenvalue weighted by Gasteiger charge is 2.31. The summed E-state index contributed by atoms with van der Waals surface area (Å²) in [6, 6.07) is 6.51. The van der Waals surface area contributed by atoms with Crippen LogP contribution in [-0.2, 0) is 0 Å². The fourth-order valence-corrected chi connectivity index (χ4v) is 5.61. The van der Waals surface area contributed by atoms with E-state index in [-0.39, 0.29) is 23.5 Å². The number of hydrogen-bond acceptors (Lipinski definition) is 1. The molecular formula is C27H30F4O.